The smallest absolute Gasteiger partial charge is 0.0207 e. The second kappa shape index (κ2) is 8.70. The van der Waals surface area contributed by atoms with E-state index < -0.39 is 0 Å². The lowest BCUT2D eigenvalue weighted by atomic mass is 9.87. The molecule has 43 heavy (non-hydrogen) atoms. The zero-order valence-corrected chi connectivity index (χ0v) is 24.1. The molecule has 0 aromatic heterocycles. The Kier molecular flexibility index (Phi) is 4.75. The third kappa shape index (κ3) is 3.29. The monoisotopic (exact) mass is 560 g/mol. The van der Waals surface area contributed by atoms with Gasteiger partial charge < -0.3 is 0 Å². The molecule has 0 atom stereocenters. The summed E-state index contributed by atoms with van der Waals surface area (Å²) in [6.45, 7) is 0. The predicted molar refractivity (Wildman–Crippen MR) is 186 cm³/mol. The fourth-order valence-electron chi connectivity index (χ4n) is 7.48. The Morgan fingerprint density at radius 3 is 1.86 bits per heavy atom. The molecule has 10 rings (SSSR count). The molecule has 1 heterocycles. The summed E-state index contributed by atoms with van der Waals surface area (Å²) in [5.41, 5.74) is 7.77. The highest BCUT2D eigenvalue weighted by atomic mass is 32.2. The number of fused-ring (bicyclic) bond motifs is 3. The summed E-state index contributed by atoms with van der Waals surface area (Å²) in [7, 11) is 0. The first kappa shape index (κ1) is 23.5. The molecule has 0 nitrogen and oxygen atoms in total. The molecule has 9 aromatic carbocycles. The van der Waals surface area contributed by atoms with Gasteiger partial charge in [-0.15, -0.1) is 0 Å². The van der Waals surface area contributed by atoms with Crippen molar-refractivity contribution in [2.45, 2.75) is 9.79 Å². The maximum absolute atomic E-state index is 2.41. The van der Waals surface area contributed by atoms with Gasteiger partial charge in [-0.05, 0) is 100 Å². The average Bonchev–Trinajstić information content (AvgIpc) is 3.07. The third-order valence-electron chi connectivity index (χ3n) is 9.41. The van der Waals surface area contributed by atoms with Crippen LogP contribution in [0.1, 0.15) is 0 Å². The summed E-state index contributed by atoms with van der Waals surface area (Å²) in [4.78, 5) is 2.67. The summed E-state index contributed by atoms with van der Waals surface area (Å²) in [6.07, 6.45) is 0. The molecule has 0 fully saturated rings. The van der Waals surface area contributed by atoms with Gasteiger partial charge in [0.1, 0.15) is 0 Å². The van der Waals surface area contributed by atoms with Gasteiger partial charge in [-0.3, -0.25) is 0 Å². The Bertz CT molecular complexity index is 2570. The van der Waals surface area contributed by atoms with E-state index >= 15 is 0 Å². The standard InChI is InChI=1S/C42H24S/c1-2-13-38-33(9-1)35-12-5-11-34-32(22-23-39(43-38)42(34)35)31-10-4-6-25-14-17-29(24-37(25)31)30-20-18-28-16-15-26-7-3-8-27-19-21-36(30)41(28)40(26)27/h1-24H. The van der Waals surface area contributed by atoms with Gasteiger partial charge >= 0.3 is 0 Å². The van der Waals surface area contributed by atoms with Crippen molar-refractivity contribution in [2.24, 2.45) is 0 Å². The van der Waals surface area contributed by atoms with E-state index in [0.717, 1.165) is 0 Å². The maximum atomic E-state index is 2.41. The molecule has 0 saturated heterocycles. The lowest BCUT2D eigenvalue weighted by Crippen LogP contribution is -1.94. The molecule has 0 amide bonds. The predicted octanol–water partition coefficient (Wildman–Crippen LogP) is 12.4. The van der Waals surface area contributed by atoms with E-state index in [9.17, 15) is 0 Å². The van der Waals surface area contributed by atoms with Crippen molar-refractivity contribution >= 4 is 65.6 Å². The fourth-order valence-corrected chi connectivity index (χ4v) is 8.61. The maximum Gasteiger partial charge on any atom is 0.0207 e. The molecular weight excluding hydrogens is 537 g/mol. The lowest BCUT2D eigenvalue weighted by molar-refractivity contribution is 1.40. The van der Waals surface area contributed by atoms with Crippen molar-refractivity contribution in [2.75, 3.05) is 0 Å². The van der Waals surface area contributed by atoms with E-state index in [1.165, 1.54) is 97.0 Å². The molecule has 0 radical (unpaired) electrons. The van der Waals surface area contributed by atoms with Crippen molar-refractivity contribution in [3.05, 3.63) is 146 Å². The Balaban J connectivity index is 1.22. The summed E-state index contributed by atoms with van der Waals surface area (Å²) < 4.78 is 0. The van der Waals surface area contributed by atoms with Crippen LogP contribution in [0.25, 0.3) is 87.2 Å². The van der Waals surface area contributed by atoms with Gasteiger partial charge in [-0.1, -0.05) is 139 Å². The van der Waals surface area contributed by atoms with Gasteiger partial charge in [0.05, 0.1) is 0 Å². The van der Waals surface area contributed by atoms with Crippen LogP contribution in [-0.4, -0.2) is 0 Å². The molecule has 0 N–H and O–H groups in total. The van der Waals surface area contributed by atoms with Crippen LogP contribution in [0.4, 0.5) is 0 Å². The fraction of sp³-hybridized carbons (Fsp3) is 0. The normalized spacial score (nSPS) is 12.6. The lowest BCUT2D eigenvalue weighted by Gasteiger charge is -2.22. The van der Waals surface area contributed by atoms with Crippen LogP contribution in [0.3, 0.4) is 0 Å². The molecule has 0 bridgehead atoms. The molecule has 0 spiro atoms. The Morgan fingerprint density at radius 2 is 0.930 bits per heavy atom. The van der Waals surface area contributed by atoms with Gasteiger partial charge in [0.25, 0.3) is 0 Å². The molecule has 1 aliphatic rings. The minimum Gasteiger partial charge on any atom is -0.0888 e. The van der Waals surface area contributed by atoms with E-state index in [1.807, 2.05) is 11.8 Å². The van der Waals surface area contributed by atoms with E-state index in [0.29, 0.717) is 0 Å². The number of hydrogen-bond donors (Lipinski definition) is 0. The average molecular weight is 561 g/mol. The first-order chi connectivity index (χ1) is 21.3. The zero-order chi connectivity index (χ0) is 28.1. The Morgan fingerprint density at radius 1 is 0.302 bits per heavy atom. The van der Waals surface area contributed by atoms with Gasteiger partial charge in [0.2, 0.25) is 0 Å². The van der Waals surface area contributed by atoms with Gasteiger partial charge in [-0.2, -0.15) is 0 Å². The van der Waals surface area contributed by atoms with Crippen molar-refractivity contribution in [3.8, 4) is 33.4 Å². The quantitative estimate of drug-likeness (QED) is 0.190. The van der Waals surface area contributed by atoms with E-state index in [1.54, 1.807) is 0 Å². The number of benzene rings is 9. The van der Waals surface area contributed by atoms with E-state index in [4.69, 9.17) is 0 Å². The molecule has 0 saturated carbocycles. The van der Waals surface area contributed by atoms with Crippen LogP contribution >= 0.6 is 11.8 Å². The highest BCUT2D eigenvalue weighted by Gasteiger charge is 2.21. The molecule has 198 valence electrons. The van der Waals surface area contributed by atoms with Crippen LogP contribution in [0, 0.1) is 0 Å². The molecular formula is C42H24S. The van der Waals surface area contributed by atoms with Gasteiger partial charge in [0, 0.05) is 15.2 Å². The highest BCUT2D eigenvalue weighted by molar-refractivity contribution is 7.99. The first-order valence-corrected chi connectivity index (χ1v) is 15.7. The summed E-state index contributed by atoms with van der Waals surface area (Å²) in [5, 5.41) is 13.2. The van der Waals surface area contributed by atoms with Crippen LogP contribution in [0.15, 0.2) is 155 Å². The highest BCUT2D eigenvalue weighted by Crippen LogP contribution is 2.50. The van der Waals surface area contributed by atoms with E-state index in [2.05, 4.69) is 146 Å². The SMILES string of the molecule is c1ccc2c(c1)Sc1ccc(-c3cccc4ccc(-c5ccc6ccc7cccc8ccc5c6c78)cc34)c3cccc-2c13. The van der Waals surface area contributed by atoms with Crippen LogP contribution in [0.5, 0.6) is 0 Å². The molecule has 1 aliphatic heterocycles. The van der Waals surface area contributed by atoms with Gasteiger partial charge in [0.15, 0.2) is 0 Å². The first-order valence-electron chi connectivity index (χ1n) is 14.8. The number of hydrogen-bond acceptors (Lipinski definition) is 1. The van der Waals surface area contributed by atoms with Crippen molar-refractivity contribution in [3.63, 3.8) is 0 Å². The minimum absolute atomic E-state index is 1.25. The van der Waals surface area contributed by atoms with Crippen LogP contribution < -0.4 is 0 Å². The Hall–Kier alpha value is -5.11. The summed E-state index contributed by atoms with van der Waals surface area (Å²) >= 11 is 1.89. The molecule has 1 heteroatoms. The zero-order valence-electron chi connectivity index (χ0n) is 23.3. The van der Waals surface area contributed by atoms with Crippen molar-refractivity contribution in [1.29, 1.82) is 0 Å². The summed E-state index contributed by atoms with van der Waals surface area (Å²) in [5.74, 6) is 0. The molecule has 9 aromatic rings. The van der Waals surface area contributed by atoms with Crippen LogP contribution in [0.2, 0.25) is 0 Å². The van der Waals surface area contributed by atoms with Crippen LogP contribution in [-0.2, 0) is 0 Å². The number of rotatable bonds is 2. The summed E-state index contributed by atoms with van der Waals surface area (Å²) in [6, 6.07) is 54.3. The van der Waals surface area contributed by atoms with Crippen molar-refractivity contribution in [1.82, 2.24) is 0 Å². The largest absolute Gasteiger partial charge is 0.0888 e. The van der Waals surface area contributed by atoms with E-state index in [-0.39, 0.29) is 0 Å². The minimum atomic E-state index is 1.25. The second-order valence-electron chi connectivity index (χ2n) is 11.6. The van der Waals surface area contributed by atoms with Gasteiger partial charge in [-0.25, -0.2) is 0 Å². The second-order valence-corrected chi connectivity index (χ2v) is 12.7. The molecule has 0 unspecified atom stereocenters. The third-order valence-corrected chi connectivity index (χ3v) is 10.5. The molecule has 0 aliphatic carbocycles. The Labute approximate surface area is 253 Å². The van der Waals surface area contributed by atoms with Crippen molar-refractivity contribution < 1.29 is 0 Å². The topological polar surface area (TPSA) is 0 Å².